The number of anilines is 1. The van der Waals surface area contributed by atoms with E-state index in [4.69, 9.17) is 0 Å². The number of aryl methyl sites for hydroxylation is 3. The first-order valence-corrected chi connectivity index (χ1v) is 15.5. The lowest BCUT2D eigenvalue weighted by Crippen LogP contribution is -2.54. The largest absolute Gasteiger partial charge is 0.352 e. The van der Waals surface area contributed by atoms with Crippen molar-refractivity contribution < 1.29 is 18.0 Å². The smallest absolute Gasteiger partial charge is 0.244 e. The zero-order chi connectivity index (χ0) is 29.4. The molecule has 1 N–H and O–H groups in total. The Bertz CT molecular complexity index is 1420. The van der Waals surface area contributed by atoms with E-state index in [9.17, 15) is 18.0 Å². The molecule has 3 aromatic rings. The second kappa shape index (κ2) is 13.6. The molecule has 0 aliphatic carbocycles. The number of nitrogens with zero attached hydrogens (tertiary/aromatic N) is 2. The van der Waals surface area contributed by atoms with Gasteiger partial charge in [0.15, 0.2) is 0 Å². The van der Waals surface area contributed by atoms with Crippen LogP contribution in [0.1, 0.15) is 48.1 Å². The van der Waals surface area contributed by atoms with Crippen molar-refractivity contribution >= 4 is 27.5 Å². The van der Waals surface area contributed by atoms with Crippen LogP contribution < -0.4 is 9.62 Å². The molecule has 7 nitrogen and oxygen atoms in total. The Morgan fingerprint density at radius 2 is 1.52 bits per heavy atom. The zero-order valence-electron chi connectivity index (χ0n) is 24.3. The summed E-state index contributed by atoms with van der Waals surface area (Å²) in [5.74, 6) is -0.718. The molecule has 0 saturated carbocycles. The summed E-state index contributed by atoms with van der Waals surface area (Å²) < 4.78 is 27.0. The van der Waals surface area contributed by atoms with Crippen LogP contribution in [0.2, 0.25) is 0 Å². The van der Waals surface area contributed by atoms with Crippen LogP contribution in [0.25, 0.3) is 0 Å². The molecule has 0 saturated heterocycles. The highest BCUT2D eigenvalue weighted by Crippen LogP contribution is 2.23. The summed E-state index contributed by atoms with van der Waals surface area (Å²) in [6, 6.07) is 21.7. The van der Waals surface area contributed by atoms with Crippen molar-refractivity contribution in [1.29, 1.82) is 0 Å². The molecule has 0 spiro atoms. The standard InChI is InChI=1S/C32H41N3O4S/c1-7-26(5)33-32(37)30(20-27-14-9-8-10-15-27)34(21-28-16-12-11-13-24(28)3)31(36)22-35(40(6,38)39)29-18-17-23(2)25(4)19-29/h8-19,26,30H,7,20-22H2,1-6H3,(H,33,37)/t26-,30+/m0/s1. The van der Waals surface area contributed by atoms with Gasteiger partial charge in [0.25, 0.3) is 0 Å². The van der Waals surface area contributed by atoms with Gasteiger partial charge < -0.3 is 10.2 Å². The van der Waals surface area contributed by atoms with Gasteiger partial charge in [-0.1, -0.05) is 67.6 Å². The fourth-order valence-corrected chi connectivity index (χ4v) is 5.30. The third-order valence-corrected chi connectivity index (χ3v) is 8.47. The Balaban J connectivity index is 2.08. The Morgan fingerprint density at radius 3 is 2.12 bits per heavy atom. The molecule has 0 aliphatic heterocycles. The van der Waals surface area contributed by atoms with Crippen LogP contribution in [0.4, 0.5) is 5.69 Å². The second-order valence-corrected chi connectivity index (χ2v) is 12.4. The highest BCUT2D eigenvalue weighted by Gasteiger charge is 2.33. The van der Waals surface area contributed by atoms with Crippen LogP contribution in [0.15, 0.2) is 72.8 Å². The molecule has 3 aromatic carbocycles. The summed E-state index contributed by atoms with van der Waals surface area (Å²) in [6.45, 7) is 9.47. The molecule has 3 rings (SSSR count). The highest BCUT2D eigenvalue weighted by molar-refractivity contribution is 7.92. The molecule has 40 heavy (non-hydrogen) atoms. The monoisotopic (exact) mass is 563 g/mol. The van der Waals surface area contributed by atoms with Gasteiger partial charge in [-0.05, 0) is 74.1 Å². The highest BCUT2D eigenvalue weighted by atomic mass is 32.2. The fraction of sp³-hybridized carbons (Fsp3) is 0.375. The predicted molar refractivity (Wildman–Crippen MR) is 162 cm³/mol. The van der Waals surface area contributed by atoms with E-state index >= 15 is 0 Å². The molecular weight excluding hydrogens is 522 g/mol. The average Bonchev–Trinajstić information content (AvgIpc) is 2.91. The summed E-state index contributed by atoms with van der Waals surface area (Å²) in [4.78, 5) is 29.4. The first kappa shape index (κ1) is 30.9. The number of sulfonamides is 1. The maximum Gasteiger partial charge on any atom is 0.244 e. The van der Waals surface area contributed by atoms with Crippen molar-refractivity contribution in [2.24, 2.45) is 0 Å². The van der Waals surface area contributed by atoms with Gasteiger partial charge in [-0.25, -0.2) is 8.42 Å². The van der Waals surface area contributed by atoms with E-state index in [0.29, 0.717) is 12.1 Å². The number of benzene rings is 3. The van der Waals surface area contributed by atoms with Crippen molar-refractivity contribution in [3.05, 3.63) is 101 Å². The minimum atomic E-state index is -3.80. The van der Waals surface area contributed by atoms with Crippen molar-refractivity contribution in [3.63, 3.8) is 0 Å². The van der Waals surface area contributed by atoms with Gasteiger partial charge in [0.05, 0.1) is 11.9 Å². The van der Waals surface area contributed by atoms with Crippen molar-refractivity contribution in [2.75, 3.05) is 17.1 Å². The number of amides is 2. The Morgan fingerprint density at radius 1 is 0.875 bits per heavy atom. The lowest BCUT2D eigenvalue weighted by molar-refractivity contribution is -0.140. The Hall–Kier alpha value is -3.65. The first-order valence-electron chi connectivity index (χ1n) is 13.6. The van der Waals surface area contributed by atoms with Crippen LogP contribution in [0.3, 0.4) is 0 Å². The third-order valence-electron chi connectivity index (χ3n) is 7.33. The molecule has 0 bridgehead atoms. The topological polar surface area (TPSA) is 86.8 Å². The van der Waals surface area contributed by atoms with Crippen LogP contribution in [0, 0.1) is 20.8 Å². The molecule has 0 aliphatic rings. The van der Waals surface area contributed by atoms with E-state index in [2.05, 4.69) is 5.32 Å². The van der Waals surface area contributed by atoms with Crippen LogP contribution in [0.5, 0.6) is 0 Å². The average molecular weight is 564 g/mol. The maximum atomic E-state index is 14.2. The van der Waals surface area contributed by atoms with Gasteiger partial charge in [0, 0.05) is 19.0 Å². The molecule has 0 heterocycles. The lowest BCUT2D eigenvalue weighted by atomic mass is 10.0. The van der Waals surface area contributed by atoms with Crippen LogP contribution >= 0.6 is 0 Å². The minimum absolute atomic E-state index is 0.0794. The first-order chi connectivity index (χ1) is 18.9. The molecular formula is C32H41N3O4S. The molecule has 2 atom stereocenters. The SMILES string of the molecule is CC[C@H](C)NC(=O)[C@@H](Cc1ccccc1)N(Cc1ccccc1C)C(=O)CN(c1ccc(C)c(C)c1)S(C)(=O)=O. The number of nitrogens with one attached hydrogen (secondary N) is 1. The van der Waals surface area contributed by atoms with Crippen molar-refractivity contribution in [2.45, 2.75) is 66.1 Å². The van der Waals surface area contributed by atoms with Crippen molar-refractivity contribution in [1.82, 2.24) is 10.2 Å². The summed E-state index contributed by atoms with van der Waals surface area (Å²) in [6.07, 6.45) is 2.13. The van der Waals surface area contributed by atoms with E-state index in [1.807, 2.05) is 95.3 Å². The van der Waals surface area contributed by atoms with Gasteiger partial charge in [0.1, 0.15) is 12.6 Å². The molecule has 214 valence electrons. The summed E-state index contributed by atoms with van der Waals surface area (Å²) in [5, 5.41) is 3.05. The number of carbonyl (C=O) groups excluding carboxylic acids is 2. The molecule has 8 heteroatoms. The zero-order valence-corrected chi connectivity index (χ0v) is 25.2. The van der Waals surface area contributed by atoms with E-state index in [1.54, 1.807) is 12.1 Å². The molecule has 0 unspecified atom stereocenters. The van der Waals surface area contributed by atoms with Crippen molar-refractivity contribution in [3.8, 4) is 0 Å². The number of carbonyl (C=O) groups is 2. The van der Waals surface area contributed by atoms with Gasteiger partial charge in [0.2, 0.25) is 21.8 Å². The number of rotatable bonds is 12. The number of hydrogen-bond acceptors (Lipinski definition) is 4. The fourth-order valence-electron chi connectivity index (χ4n) is 4.46. The molecule has 0 fully saturated rings. The quantitative estimate of drug-likeness (QED) is 0.339. The lowest BCUT2D eigenvalue weighted by Gasteiger charge is -2.34. The Kier molecular flexibility index (Phi) is 10.5. The van der Waals surface area contributed by atoms with E-state index in [0.717, 1.165) is 44.8 Å². The Labute approximate surface area is 239 Å². The second-order valence-electron chi connectivity index (χ2n) is 10.5. The normalized spacial score (nSPS) is 12.8. The van der Waals surface area contributed by atoms with E-state index in [1.165, 1.54) is 4.90 Å². The summed E-state index contributed by atoms with van der Waals surface area (Å²) >= 11 is 0. The van der Waals surface area contributed by atoms with E-state index in [-0.39, 0.29) is 18.5 Å². The minimum Gasteiger partial charge on any atom is -0.352 e. The van der Waals surface area contributed by atoms with E-state index < -0.39 is 28.5 Å². The van der Waals surface area contributed by atoms with Crippen LogP contribution in [-0.2, 0) is 32.6 Å². The summed E-state index contributed by atoms with van der Waals surface area (Å²) in [7, 11) is -3.80. The molecule has 0 aromatic heterocycles. The van der Waals surface area contributed by atoms with Crippen LogP contribution in [-0.4, -0.2) is 50.0 Å². The molecule has 0 radical (unpaired) electrons. The third kappa shape index (κ3) is 8.18. The van der Waals surface area contributed by atoms with Gasteiger partial charge >= 0.3 is 0 Å². The predicted octanol–water partition coefficient (Wildman–Crippen LogP) is 4.93. The number of hydrogen-bond donors (Lipinski definition) is 1. The maximum absolute atomic E-state index is 14.2. The van der Waals surface area contributed by atoms with Gasteiger partial charge in [-0.15, -0.1) is 0 Å². The van der Waals surface area contributed by atoms with Gasteiger partial charge in [-0.2, -0.15) is 0 Å². The molecule has 2 amide bonds. The van der Waals surface area contributed by atoms with Gasteiger partial charge in [-0.3, -0.25) is 13.9 Å². The summed E-state index contributed by atoms with van der Waals surface area (Å²) in [5.41, 5.74) is 5.14.